The van der Waals surface area contributed by atoms with E-state index in [9.17, 15) is 14.3 Å². The molecule has 0 aliphatic heterocycles. The first kappa shape index (κ1) is 16.3. The van der Waals surface area contributed by atoms with E-state index in [1.807, 2.05) is 10.8 Å². The number of halogens is 1. The summed E-state index contributed by atoms with van der Waals surface area (Å²) in [5, 5.41) is 19.1. The van der Waals surface area contributed by atoms with Gasteiger partial charge in [0.1, 0.15) is 17.2 Å². The van der Waals surface area contributed by atoms with Crippen LogP contribution < -0.4 is 15.4 Å². The van der Waals surface area contributed by atoms with Crippen molar-refractivity contribution in [1.29, 1.82) is 0 Å². The third-order valence-corrected chi connectivity index (χ3v) is 3.83. The SMILES string of the molecule is COc1cc(F)ccc1NC(=O)NC[C@](C)(O)c1ccsc1. The second kappa shape index (κ2) is 6.76. The maximum atomic E-state index is 13.1. The molecular formula is C15H17FN2O3S. The van der Waals surface area contributed by atoms with Gasteiger partial charge in [-0.3, -0.25) is 0 Å². The number of benzene rings is 1. The van der Waals surface area contributed by atoms with Crippen molar-refractivity contribution >= 4 is 23.1 Å². The highest BCUT2D eigenvalue weighted by molar-refractivity contribution is 7.08. The Morgan fingerprint density at radius 1 is 1.45 bits per heavy atom. The van der Waals surface area contributed by atoms with Gasteiger partial charge < -0.3 is 20.5 Å². The molecule has 2 rings (SSSR count). The quantitative estimate of drug-likeness (QED) is 0.792. The molecule has 5 nitrogen and oxygen atoms in total. The summed E-state index contributed by atoms with van der Waals surface area (Å²) in [6.45, 7) is 1.66. The summed E-state index contributed by atoms with van der Waals surface area (Å²) in [4.78, 5) is 11.9. The summed E-state index contributed by atoms with van der Waals surface area (Å²) < 4.78 is 18.1. The molecule has 2 aromatic rings. The minimum Gasteiger partial charge on any atom is -0.494 e. The number of hydrogen-bond donors (Lipinski definition) is 3. The van der Waals surface area contributed by atoms with Gasteiger partial charge in [-0.05, 0) is 41.4 Å². The maximum Gasteiger partial charge on any atom is 0.319 e. The highest BCUT2D eigenvalue weighted by Crippen LogP contribution is 2.25. The van der Waals surface area contributed by atoms with Crippen molar-refractivity contribution in [3.63, 3.8) is 0 Å². The lowest BCUT2D eigenvalue weighted by molar-refractivity contribution is 0.0604. The van der Waals surface area contributed by atoms with Crippen molar-refractivity contribution in [2.75, 3.05) is 19.0 Å². The van der Waals surface area contributed by atoms with Crippen molar-refractivity contribution in [1.82, 2.24) is 5.32 Å². The third kappa shape index (κ3) is 3.96. The molecule has 0 aliphatic rings. The van der Waals surface area contributed by atoms with Crippen LogP contribution in [-0.2, 0) is 5.60 Å². The van der Waals surface area contributed by atoms with Crippen molar-refractivity contribution < 1.29 is 19.0 Å². The smallest absolute Gasteiger partial charge is 0.319 e. The van der Waals surface area contributed by atoms with Gasteiger partial charge in [0.15, 0.2) is 0 Å². The van der Waals surface area contributed by atoms with Crippen LogP contribution in [0.3, 0.4) is 0 Å². The minimum atomic E-state index is -1.16. The van der Waals surface area contributed by atoms with Gasteiger partial charge in [-0.15, -0.1) is 0 Å². The lowest BCUT2D eigenvalue weighted by atomic mass is 9.99. The van der Waals surface area contributed by atoms with Gasteiger partial charge in [-0.1, -0.05) is 0 Å². The van der Waals surface area contributed by atoms with E-state index in [1.165, 1.54) is 36.6 Å². The molecule has 7 heteroatoms. The Labute approximate surface area is 131 Å². The Balaban J connectivity index is 1.96. The Bertz CT molecular complexity index is 644. The van der Waals surface area contributed by atoms with Crippen LogP contribution in [0.4, 0.5) is 14.9 Å². The highest BCUT2D eigenvalue weighted by Gasteiger charge is 2.24. The molecule has 1 aromatic heterocycles. The summed E-state index contributed by atoms with van der Waals surface area (Å²) >= 11 is 1.47. The summed E-state index contributed by atoms with van der Waals surface area (Å²) in [5.41, 5.74) is -0.0849. The second-order valence-corrected chi connectivity index (χ2v) is 5.72. The zero-order valence-corrected chi connectivity index (χ0v) is 13.0. The van der Waals surface area contributed by atoms with E-state index >= 15 is 0 Å². The van der Waals surface area contributed by atoms with Crippen LogP contribution in [0, 0.1) is 5.82 Å². The molecule has 0 saturated heterocycles. The van der Waals surface area contributed by atoms with E-state index in [2.05, 4.69) is 10.6 Å². The first-order chi connectivity index (χ1) is 10.4. The fraction of sp³-hybridized carbons (Fsp3) is 0.267. The summed E-state index contributed by atoms with van der Waals surface area (Å²) in [7, 11) is 1.39. The molecule has 0 spiro atoms. The predicted molar refractivity (Wildman–Crippen MR) is 83.9 cm³/mol. The number of carbonyl (C=O) groups is 1. The molecule has 0 fully saturated rings. The van der Waals surface area contributed by atoms with E-state index in [0.717, 1.165) is 5.56 Å². The molecule has 0 unspecified atom stereocenters. The lowest BCUT2D eigenvalue weighted by Crippen LogP contribution is -2.40. The van der Waals surface area contributed by atoms with E-state index in [-0.39, 0.29) is 12.3 Å². The van der Waals surface area contributed by atoms with E-state index in [1.54, 1.807) is 13.0 Å². The number of rotatable bonds is 5. The molecule has 118 valence electrons. The minimum absolute atomic E-state index is 0.0408. The maximum absolute atomic E-state index is 13.1. The average molecular weight is 324 g/mol. The molecule has 0 radical (unpaired) electrons. The number of nitrogens with one attached hydrogen (secondary N) is 2. The Kier molecular flexibility index (Phi) is 4.99. The van der Waals surface area contributed by atoms with Crippen LogP contribution in [0.15, 0.2) is 35.0 Å². The number of ether oxygens (including phenoxy) is 1. The number of anilines is 1. The Hall–Kier alpha value is -2.12. The van der Waals surface area contributed by atoms with Crippen LogP contribution in [0.25, 0.3) is 0 Å². The monoisotopic (exact) mass is 324 g/mol. The van der Waals surface area contributed by atoms with Crippen LogP contribution in [0.1, 0.15) is 12.5 Å². The van der Waals surface area contributed by atoms with Gasteiger partial charge in [-0.25, -0.2) is 9.18 Å². The normalized spacial score (nSPS) is 13.3. The average Bonchev–Trinajstić information content (AvgIpc) is 3.02. The van der Waals surface area contributed by atoms with Crippen molar-refractivity contribution in [2.45, 2.75) is 12.5 Å². The van der Waals surface area contributed by atoms with Gasteiger partial charge in [0, 0.05) is 6.07 Å². The van der Waals surface area contributed by atoms with Crippen LogP contribution in [0.2, 0.25) is 0 Å². The molecule has 0 aliphatic carbocycles. The largest absolute Gasteiger partial charge is 0.494 e. The lowest BCUT2D eigenvalue weighted by Gasteiger charge is -2.23. The van der Waals surface area contributed by atoms with Gasteiger partial charge in [0.25, 0.3) is 0 Å². The number of carbonyl (C=O) groups excluding carboxylic acids is 1. The Morgan fingerprint density at radius 2 is 2.23 bits per heavy atom. The predicted octanol–water partition coefficient (Wildman–Crippen LogP) is 2.93. The third-order valence-electron chi connectivity index (χ3n) is 3.15. The highest BCUT2D eigenvalue weighted by atomic mass is 32.1. The first-order valence-electron chi connectivity index (χ1n) is 6.56. The Morgan fingerprint density at radius 3 is 2.86 bits per heavy atom. The second-order valence-electron chi connectivity index (χ2n) is 4.94. The first-order valence-corrected chi connectivity index (χ1v) is 7.50. The zero-order valence-electron chi connectivity index (χ0n) is 12.2. The molecule has 1 atom stereocenters. The van der Waals surface area contributed by atoms with Crippen molar-refractivity contribution in [2.24, 2.45) is 0 Å². The zero-order chi connectivity index (χ0) is 16.2. The van der Waals surface area contributed by atoms with Crippen LogP contribution >= 0.6 is 11.3 Å². The standard InChI is InChI=1S/C15H17FN2O3S/c1-15(20,10-5-6-22-8-10)9-17-14(19)18-12-4-3-11(16)7-13(12)21-2/h3-8,20H,9H2,1-2H3,(H2,17,18,19)/t15-/m0/s1. The summed E-state index contributed by atoms with van der Waals surface area (Å²) in [6, 6.07) is 5.09. The van der Waals surface area contributed by atoms with Crippen molar-refractivity contribution in [3.8, 4) is 5.75 Å². The van der Waals surface area contributed by atoms with Crippen molar-refractivity contribution in [3.05, 3.63) is 46.4 Å². The molecular weight excluding hydrogens is 307 g/mol. The topological polar surface area (TPSA) is 70.6 Å². The number of amides is 2. The number of hydrogen-bond acceptors (Lipinski definition) is 4. The number of aliphatic hydroxyl groups is 1. The summed E-state index contributed by atoms with van der Waals surface area (Å²) in [5.74, 6) is -0.233. The molecule has 22 heavy (non-hydrogen) atoms. The fourth-order valence-corrected chi connectivity index (χ4v) is 2.64. The van der Waals surface area contributed by atoms with Crippen LogP contribution in [-0.4, -0.2) is 24.8 Å². The van der Waals surface area contributed by atoms with Gasteiger partial charge in [-0.2, -0.15) is 11.3 Å². The molecule has 2 amide bonds. The van der Waals surface area contributed by atoms with Gasteiger partial charge in [0.05, 0.1) is 19.3 Å². The molecule has 3 N–H and O–H groups in total. The van der Waals surface area contributed by atoms with Gasteiger partial charge >= 0.3 is 6.03 Å². The van der Waals surface area contributed by atoms with Gasteiger partial charge in [0.2, 0.25) is 0 Å². The summed E-state index contributed by atoms with van der Waals surface area (Å²) in [6.07, 6.45) is 0. The van der Waals surface area contributed by atoms with E-state index in [0.29, 0.717) is 5.69 Å². The van der Waals surface area contributed by atoms with E-state index < -0.39 is 17.4 Å². The van der Waals surface area contributed by atoms with Crippen LogP contribution in [0.5, 0.6) is 5.75 Å². The molecule has 1 heterocycles. The number of urea groups is 1. The number of thiophene rings is 1. The van der Waals surface area contributed by atoms with E-state index in [4.69, 9.17) is 4.74 Å². The fourth-order valence-electron chi connectivity index (χ4n) is 1.86. The molecule has 0 saturated carbocycles. The number of methoxy groups -OCH3 is 1. The molecule has 0 bridgehead atoms. The molecule has 1 aromatic carbocycles.